The lowest BCUT2D eigenvalue weighted by molar-refractivity contribution is -0.138. The van der Waals surface area contributed by atoms with Crippen LogP contribution in [0.3, 0.4) is 0 Å². The number of hydrogen-bond donors (Lipinski definition) is 5. The van der Waals surface area contributed by atoms with Gasteiger partial charge in [-0.2, -0.15) is 0 Å². The molecule has 13 nitrogen and oxygen atoms in total. The molecule has 4 atom stereocenters. The first-order chi connectivity index (χ1) is 20.3. The van der Waals surface area contributed by atoms with Gasteiger partial charge in [-0.15, -0.1) is 5.10 Å². The third-order valence-electron chi connectivity index (χ3n) is 7.84. The Morgan fingerprint density at radius 3 is 2.69 bits per heavy atom. The van der Waals surface area contributed by atoms with Crippen LogP contribution in [0.4, 0.5) is 0 Å². The molecule has 0 spiro atoms. The largest absolute Gasteiger partial charge is 0.481 e. The van der Waals surface area contributed by atoms with Gasteiger partial charge in [0, 0.05) is 43.5 Å². The van der Waals surface area contributed by atoms with Crippen LogP contribution in [0.15, 0.2) is 48.8 Å². The SMILES string of the molecule is O=C(O)CCC(NC(=O)Cc1ccccc1)C(=O)N[C@H]1CCc2ccn3c2C1C(=O)C[C@H](C(=O)NCc1c[nH]nn1)C3. The Balaban J connectivity index is 1.29. The number of Topliss-reactive ketones (excluding diaryl/α,β-unsaturated/α-hetero) is 1. The zero-order chi connectivity index (χ0) is 29.6. The van der Waals surface area contributed by atoms with Crippen molar-refractivity contribution in [3.8, 4) is 0 Å². The summed E-state index contributed by atoms with van der Waals surface area (Å²) in [5, 5.41) is 27.8. The molecule has 2 aromatic heterocycles. The highest BCUT2D eigenvalue weighted by molar-refractivity contribution is 5.94. The molecule has 0 saturated heterocycles. The molecule has 13 heteroatoms. The molecule has 5 N–H and O–H groups in total. The van der Waals surface area contributed by atoms with Crippen molar-refractivity contribution in [1.82, 2.24) is 35.9 Å². The average Bonchev–Trinajstić information content (AvgIpc) is 3.61. The number of nitrogens with zero attached hydrogens (tertiary/aromatic N) is 3. The van der Waals surface area contributed by atoms with E-state index in [0.29, 0.717) is 25.1 Å². The lowest BCUT2D eigenvalue weighted by Gasteiger charge is -2.33. The van der Waals surface area contributed by atoms with Crippen LogP contribution in [0.25, 0.3) is 0 Å². The fraction of sp³-hybridized carbons (Fsp3) is 0.414. The highest BCUT2D eigenvalue weighted by Gasteiger charge is 2.42. The van der Waals surface area contributed by atoms with E-state index in [-0.39, 0.29) is 43.9 Å². The van der Waals surface area contributed by atoms with Crippen LogP contribution in [0, 0.1) is 5.92 Å². The van der Waals surface area contributed by atoms with Gasteiger partial charge in [-0.1, -0.05) is 35.5 Å². The van der Waals surface area contributed by atoms with Crippen molar-refractivity contribution in [3.05, 3.63) is 71.3 Å². The summed E-state index contributed by atoms with van der Waals surface area (Å²) in [5.74, 6) is -3.74. The number of rotatable bonds is 11. The fourth-order valence-electron chi connectivity index (χ4n) is 5.81. The van der Waals surface area contributed by atoms with Crippen molar-refractivity contribution in [2.24, 2.45) is 5.92 Å². The Hall–Kier alpha value is -4.81. The van der Waals surface area contributed by atoms with Gasteiger partial charge < -0.3 is 25.6 Å². The number of aromatic nitrogens is 4. The maximum atomic E-state index is 13.7. The maximum absolute atomic E-state index is 13.7. The second-order valence-electron chi connectivity index (χ2n) is 10.8. The topological polar surface area (TPSA) is 188 Å². The molecule has 3 aromatic rings. The summed E-state index contributed by atoms with van der Waals surface area (Å²) in [6.45, 7) is 0.499. The smallest absolute Gasteiger partial charge is 0.303 e. The fourth-order valence-corrected chi connectivity index (χ4v) is 5.81. The number of aryl methyl sites for hydroxylation is 1. The molecule has 1 aromatic carbocycles. The van der Waals surface area contributed by atoms with Gasteiger partial charge in [0.1, 0.15) is 17.5 Å². The predicted octanol–water partition coefficient (Wildman–Crippen LogP) is 0.619. The number of benzene rings is 1. The summed E-state index contributed by atoms with van der Waals surface area (Å²) in [7, 11) is 0. The molecule has 42 heavy (non-hydrogen) atoms. The van der Waals surface area contributed by atoms with Crippen LogP contribution >= 0.6 is 0 Å². The van der Waals surface area contributed by atoms with E-state index < -0.39 is 41.7 Å². The first-order valence-corrected chi connectivity index (χ1v) is 14.0. The number of aromatic amines is 1. The number of amides is 3. The molecule has 0 fully saturated rings. The minimum absolute atomic E-state index is 0.000932. The van der Waals surface area contributed by atoms with Gasteiger partial charge in [0.15, 0.2) is 0 Å². The summed E-state index contributed by atoms with van der Waals surface area (Å²) in [4.78, 5) is 64.2. The van der Waals surface area contributed by atoms with E-state index in [0.717, 1.165) is 16.8 Å². The van der Waals surface area contributed by atoms with Crippen molar-refractivity contribution in [3.63, 3.8) is 0 Å². The van der Waals surface area contributed by atoms with Gasteiger partial charge in [-0.25, -0.2) is 0 Å². The zero-order valence-corrected chi connectivity index (χ0v) is 22.9. The van der Waals surface area contributed by atoms with Crippen LogP contribution < -0.4 is 16.0 Å². The van der Waals surface area contributed by atoms with Crippen LogP contribution in [0.1, 0.15) is 54.1 Å². The third-order valence-corrected chi connectivity index (χ3v) is 7.84. The lowest BCUT2D eigenvalue weighted by atomic mass is 9.79. The first-order valence-electron chi connectivity index (χ1n) is 14.0. The van der Waals surface area contributed by atoms with Gasteiger partial charge in [0.05, 0.1) is 24.8 Å². The molecule has 2 unspecified atom stereocenters. The molecule has 220 valence electrons. The van der Waals surface area contributed by atoms with Gasteiger partial charge in [-0.3, -0.25) is 29.1 Å². The molecule has 0 bridgehead atoms. The van der Waals surface area contributed by atoms with E-state index in [1.54, 1.807) is 30.5 Å². The monoisotopic (exact) mass is 575 g/mol. The maximum Gasteiger partial charge on any atom is 0.303 e. The number of H-pyrrole nitrogens is 1. The van der Waals surface area contributed by atoms with E-state index in [4.69, 9.17) is 0 Å². The molecule has 3 amide bonds. The summed E-state index contributed by atoms with van der Waals surface area (Å²) >= 11 is 0. The second kappa shape index (κ2) is 12.8. The van der Waals surface area contributed by atoms with Crippen molar-refractivity contribution in [2.75, 3.05) is 0 Å². The predicted molar refractivity (Wildman–Crippen MR) is 148 cm³/mol. The Morgan fingerprint density at radius 1 is 1.14 bits per heavy atom. The zero-order valence-electron chi connectivity index (χ0n) is 22.9. The number of aliphatic carboxylic acids is 1. The number of carboxylic acids is 1. The average molecular weight is 576 g/mol. The highest BCUT2D eigenvalue weighted by Crippen LogP contribution is 2.38. The minimum atomic E-state index is -1.09. The second-order valence-corrected chi connectivity index (χ2v) is 10.8. The standard InChI is InChI=1S/C29H33N7O6/c37-23-13-19(28(41)30-14-20-15-31-35-34-20)16-36-11-10-18-6-7-21(26(23)27(18)36)33-29(42)22(8-9-25(39)40)32-24(38)12-17-4-2-1-3-5-17/h1-5,10-11,15,19,21-22,26H,6-9,12-14,16H2,(H,30,41)(H,32,38)(H,33,42)(H,39,40)(H,31,34,35)/t19-,21-,22?,26?/m0/s1. The van der Waals surface area contributed by atoms with Crippen LogP contribution in [0.5, 0.6) is 0 Å². The quantitative estimate of drug-likeness (QED) is 0.220. The van der Waals surface area contributed by atoms with E-state index in [9.17, 15) is 29.1 Å². The molecular formula is C29H33N7O6. The Bertz CT molecular complexity index is 1450. The molecule has 1 aliphatic heterocycles. The van der Waals surface area contributed by atoms with E-state index in [1.165, 1.54) is 0 Å². The van der Waals surface area contributed by atoms with Crippen molar-refractivity contribution < 1.29 is 29.1 Å². The van der Waals surface area contributed by atoms with Crippen LogP contribution in [0.2, 0.25) is 0 Å². The highest BCUT2D eigenvalue weighted by atomic mass is 16.4. The van der Waals surface area contributed by atoms with Gasteiger partial charge in [-0.05, 0) is 36.5 Å². The summed E-state index contributed by atoms with van der Waals surface area (Å²) in [6.07, 6.45) is 4.20. The Kier molecular flexibility index (Phi) is 8.74. The van der Waals surface area contributed by atoms with Crippen molar-refractivity contribution in [2.45, 2.75) is 69.6 Å². The first kappa shape index (κ1) is 28.7. The molecule has 0 saturated carbocycles. The van der Waals surface area contributed by atoms with Gasteiger partial charge in [0.25, 0.3) is 0 Å². The van der Waals surface area contributed by atoms with Crippen molar-refractivity contribution >= 4 is 29.5 Å². The summed E-state index contributed by atoms with van der Waals surface area (Å²) in [6, 6.07) is 9.32. The Labute approximate surface area is 241 Å². The molecular weight excluding hydrogens is 542 g/mol. The van der Waals surface area contributed by atoms with E-state index in [2.05, 4.69) is 31.4 Å². The normalized spacial score (nSPS) is 20.1. The minimum Gasteiger partial charge on any atom is -0.481 e. The van der Waals surface area contributed by atoms with Crippen molar-refractivity contribution in [1.29, 1.82) is 0 Å². The number of carbonyl (C=O) groups is 5. The third kappa shape index (κ3) is 6.73. The van der Waals surface area contributed by atoms with Gasteiger partial charge in [0.2, 0.25) is 17.7 Å². The van der Waals surface area contributed by atoms with E-state index >= 15 is 0 Å². The number of nitrogens with one attached hydrogen (secondary N) is 4. The number of carbonyl (C=O) groups excluding carboxylic acids is 4. The number of hydrogen-bond acceptors (Lipinski definition) is 7. The van der Waals surface area contributed by atoms with Gasteiger partial charge >= 0.3 is 5.97 Å². The molecule has 1 aliphatic carbocycles. The molecule has 2 aliphatic rings. The lowest BCUT2D eigenvalue weighted by Crippen LogP contribution is -2.53. The molecule has 5 rings (SSSR count). The van der Waals surface area contributed by atoms with E-state index in [1.807, 2.05) is 22.9 Å². The number of ketones is 1. The molecule has 3 heterocycles. The number of carboxylic acid groups (broad SMARTS) is 1. The summed E-state index contributed by atoms with van der Waals surface area (Å²) < 4.78 is 1.92. The summed E-state index contributed by atoms with van der Waals surface area (Å²) in [5.41, 5.74) is 3.12. The Morgan fingerprint density at radius 2 is 1.95 bits per heavy atom. The van der Waals surface area contributed by atoms with Crippen LogP contribution in [-0.2, 0) is 49.9 Å². The van der Waals surface area contributed by atoms with Crippen LogP contribution in [-0.4, -0.2) is 66.6 Å². The molecule has 0 radical (unpaired) electrons.